The van der Waals surface area contributed by atoms with Gasteiger partial charge in [-0.1, -0.05) is 25.1 Å². The van der Waals surface area contributed by atoms with E-state index in [-0.39, 0.29) is 24.5 Å². The van der Waals surface area contributed by atoms with Crippen molar-refractivity contribution < 1.29 is 19.1 Å². The number of hydrogen-bond acceptors (Lipinski definition) is 4. The molecule has 1 N–H and O–H groups in total. The Kier molecular flexibility index (Phi) is 7.50. The third-order valence-corrected chi connectivity index (χ3v) is 4.88. The molecule has 0 saturated carbocycles. The number of amides is 2. The number of nitrogens with one attached hydrogen (secondary N) is 1. The lowest BCUT2D eigenvalue weighted by Crippen LogP contribution is -2.47. The summed E-state index contributed by atoms with van der Waals surface area (Å²) in [5.74, 6) is 1.34. The molecule has 0 atom stereocenters. The fraction of sp³-hybridized carbons (Fsp3) is 0.391. The van der Waals surface area contributed by atoms with Crippen LogP contribution in [0.4, 0.5) is 0 Å². The molecule has 0 unspecified atom stereocenters. The summed E-state index contributed by atoms with van der Waals surface area (Å²) in [6.07, 6.45) is 2.45. The van der Waals surface area contributed by atoms with E-state index in [9.17, 15) is 9.59 Å². The molecule has 0 radical (unpaired) electrons. The number of carbonyl (C=O) groups is 2. The van der Waals surface area contributed by atoms with Gasteiger partial charge in [0.25, 0.3) is 11.8 Å². The van der Waals surface area contributed by atoms with Crippen LogP contribution < -0.4 is 14.8 Å². The maximum atomic E-state index is 12.4. The highest BCUT2D eigenvalue weighted by molar-refractivity contribution is 5.94. The summed E-state index contributed by atoms with van der Waals surface area (Å²) in [5, 5.41) is 3.05. The van der Waals surface area contributed by atoms with E-state index in [1.54, 1.807) is 17.0 Å². The Bertz CT molecular complexity index is 784. The van der Waals surface area contributed by atoms with Crippen LogP contribution in [0.3, 0.4) is 0 Å². The molecule has 2 aromatic carbocycles. The zero-order valence-corrected chi connectivity index (χ0v) is 16.8. The summed E-state index contributed by atoms with van der Waals surface area (Å²) in [7, 11) is 0. The Morgan fingerprint density at radius 1 is 0.966 bits per heavy atom. The maximum absolute atomic E-state index is 12.4. The fourth-order valence-electron chi connectivity index (χ4n) is 3.22. The second kappa shape index (κ2) is 10.5. The first-order chi connectivity index (χ1) is 14.2. The highest BCUT2D eigenvalue weighted by Gasteiger charge is 2.24. The Labute approximate surface area is 171 Å². The molecular weight excluding hydrogens is 368 g/mol. The minimum absolute atomic E-state index is 0.0101. The van der Waals surface area contributed by atoms with Crippen LogP contribution in [0.25, 0.3) is 0 Å². The molecule has 1 fully saturated rings. The van der Waals surface area contributed by atoms with Crippen LogP contribution in [0.2, 0.25) is 0 Å². The quantitative estimate of drug-likeness (QED) is 0.744. The van der Waals surface area contributed by atoms with Gasteiger partial charge < -0.3 is 19.7 Å². The highest BCUT2D eigenvalue weighted by Crippen LogP contribution is 2.18. The average molecular weight is 396 g/mol. The van der Waals surface area contributed by atoms with Crippen LogP contribution in [-0.2, 0) is 4.79 Å². The van der Waals surface area contributed by atoms with Gasteiger partial charge in [-0.25, -0.2) is 0 Å². The van der Waals surface area contributed by atoms with Crippen molar-refractivity contribution in [1.29, 1.82) is 0 Å². The molecule has 0 aromatic heterocycles. The van der Waals surface area contributed by atoms with Gasteiger partial charge in [0.1, 0.15) is 11.5 Å². The largest absolute Gasteiger partial charge is 0.494 e. The van der Waals surface area contributed by atoms with Gasteiger partial charge in [-0.05, 0) is 55.7 Å². The molecule has 6 heteroatoms. The second-order valence-corrected chi connectivity index (χ2v) is 7.10. The van der Waals surface area contributed by atoms with Crippen LogP contribution in [-0.4, -0.2) is 49.1 Å². The predicted molar refractivity (Wildman–Crippen MR) is 111 cm³/mol. The Hall–Kier alpha value is -3.02. The van der Waals surface area contributed by atoms with Crippen molar-refractivity contribution in [3.05, 3.63) is 60.2 Å². The summed E-state index contributed by atoms with van der Waals surface area (Å²) < 4.78 is 11.1. The third-order valence-electron chi connectivity index (χ3n) is 4.88. The number of ether oxygens (including phenoxy) is 2. The van der Waals surface area contributed by atoms with Gasteiger partial charge in [0, 0.05) is 24.7 Å². The molecule has 0 spiro atoms. The molecule has 154 valence electrons. The lowest BCUT2D eigenvalue weighted by atomic mass is 10.0. The number of piperidine rings is 1. The van der Waals surface area contributed by atoms with Gasteiger partial charge >= 0.3 is 0 Å². The summed E-state index contributed by atoms with van der Waals surface area (Å²) in [6, 6.07) is 16.6. The molecule has 2 amide bonds. The van der Waals surface area contributed by atoms with Gasteiger partial charge in [0.05, 0.1) is 6.61 Å². The Morgan fingerprint density at radius 2 is 1.59 bits per heavy atom. The number of rotatable bonds is 8. The van der Waals surface area contributed by atoms with Crippen molar-refractivity contribution in [2.24, 2.45) is 0 Å². The van der Waals surface area contributed by atoms with Gasteiger partial charge in [0.2, 0.25) is 0 Å². The molecule has 1 saturated heterocycles. The van der Waals surface area contributed by atoms with Crippen molar-refractivity contribution in [2.75, 3.05) is 26.3 Å². The van der Waals surface area contributed by atoms with Crippen LogP contribution in [0.5, 0.6) is 11.5 Å². The third kappa shape index (κ3) is 6.24. The van der Waals surface area contributed by atoms with E-state index < -0.39 is 0 Å². The van der Waals surface area contributed by atoms with Crippen LogP contribution in [0, 0.1) is 0 Å². The van der Waals surface area contributed by atoms with E-state index in [1.165, 1.54) is 0 Å². The van der Waals surface area contributed by atoms with Gasteiger partial charge in [-0.3, -0.25) is 9.59 Å². The second-order valence-electron chi connectivity index (χ2n) is 7.10. The molecule has 1 aliphatic rings. The molecule has 1 heterocycles. The van der Waals surface area contributed by atoms with Crippen molar-refractivity contribution in [3.8, 4) is 11.5 Å². The molecule has 6 nitrogen and oxygen atoms in total. The van der Waals surface area contributed by atoms with E-state index >= 15 is 0 Å². The smallest absolute Gasteiger partial charge is 0.260 e. The summed E-state index contributed by atoms with van der Waals surface area (Å²) in [5.41, 5.74) is 0.658. The molecule has 29 heavy (non-hydrogen) atoms. The van der Waals surface area contributed by atoms with E-state index in [0.29, 0.717) is 31.0 Å². The summed E-state index contributed by atoms with van der Waals surface area (Å²) in [4.78, 5) is 26.5. The molecule has 3 rings (SSSR count). The minimum Gasteiger partial charge on any atom is -0.494 e. The van der Waals surface area contributed by atoms with E-state index in [1.807, 2.05) is 42.5 Å². The van der Waals surface area contributed by atoms with Crippen LogP contribution in [0.1, 0.15) is 36.5 Å². The van der Waals surface area contributed by atoms with Gasteiger partial charge in [0.15, 0.2) is 6.61 Å². The minimum atomic E-state index is -0.0647. The first-order valence-corrected chi connectivity index (χ1v) is 10.1. The zero-order chi connectivity index (χ0) is 20.5. The van der Waals surface area contributed by atoms with Crippen molar-refractivity contribution in [3.63, 3.8) is 0 Å². The van der Waals surface area contributed by atoms with Gasteiger partial charge in [-0.15, -0.1) is 0 Å². The average Bonchev–Trinajstić information content (AvgIpc) is 2.78. The van der Waals surface area contributed by atoms with Gasteiger partial charge in [-0.2, -0.15) is 0 Å². The van der Waals surface area contributed by atoms with Crippen molar-refractivity contribution >= 4 is 11.8 Å². The number of benzene rings is 2. The first kappa shape index (κ1) is 20.7. The number of carbonyl (C=O) groups excluding carboxylic acids is 2. The molecule has 1 aliphatic heterocycles. The van der Waals surface area contributed by atoms with Crippen molar-refractivity contribution in [2.45, 2.75) is 32.2 Å². The molecular formula is C23H28N2O4. The normalized spacial score (nSPS) is 14.3. The summed E-state index contributed by atoms with van der Waals surface area (Å²) in [6.45, 7) is 3.98. The SMILES string of the molecule is CCCOc1ccc(OCC(=O)N2CCC(NC(=O)c3ccccc3)CC2)cc1. The fourth-order valence-corrected chi connectivity index (χ4v) is 3.22. The number of likely N-dealkylation sites (tertiary alicyclic amines) is 1. The predicted octanol–water partition coefficient (Wildman–Crippen LogP) is 3.28. The standard InChI is InChI=1S/C23H28N2O4/c1-2-16-28-20-8-10-21(11-9-20)29-17-22(26)25-14-12-19(13-15-25)24-23(27)18-6-4-3-5-7-18/h3-11,19H,2,12-17H2,1H3,(H,24,27). The lowest BCUT2D eigenvalue weighted by molar-refractivity contribution is -0.134. The molecule has 0 bridgehead atoms. The number of hydrogen-bond donors (Lipinski definition) is 1. The number of nitrogens with zero attached hydrogens (tertiary/aromatic N) is 1. The Morgan fingerprint density at radius 3 is 2.21 bits per heavy atom. The van der Waals surface area contributed by atoms with Crippen LogP contribution >= 0.6 is 0 Å². The monoisotopic (exact) mass is 396 g/mol. The van der Waals surface area contributed by atoms with Crippen LogP contribution in [0.15, 0.2) is 54.6 Å². The first-order valence-electron chi connectivity index (χ1n) is 10.1. The van der Waals surface area contributed by atoms with E-state index in [4.69, 9.17) is 9.47 Å². The van der Waals surface area contributed by atoms with E-state index in [0.717, 1.165) is 25.0 Å². The van der Waals surface area contributed by atoms with E-state index in [2.05, 4.69) is 12.2 Å². The molecule has 2 aromatic rings. The van der Waals surface area contributed by atoms with Crippen molar-refractivity contribution in [1.82, 2.24) is 10.2 Å². The Balaban J connectivity index is 1.39. The highest BCUT2D eigenvalue weighted by atomic mass is 16.5. The molecule has 0 aliphatic carbocycles. The summed E-state index contributed by atoms with van der Waals surface area (Å²) >= 11 is 0. The zero-order valence-electron chi connectivity index (χ0n) is 16.8. The topological polar surface area (TPSA) is 67.9 Å². The lowest BCUT2D eigenvalue weighted by Gasteiger charge is -2.32. The maximum Gasteiger partial charge on any atom is 0.260 e.